The highest BCUT2D eigenvalue weighted by molar-refractivity contribution is 7.99. The van der Waals surface area contributed by atoms with Crippen molar-refractivity contribution in [3.8, 4) is 0 Å². The summed E-state index contributed by atoms with van der Waals surface area (Å²) in [6.45, 7) is 1.69. The van der Waals surface area contributed by atoms with Gasteiger partial charge in [0, 0.05) is 19.0 Å². The molecule has 3 rings (SSSR count). The molecule has 1 aromatic heterocycles. The second-order valence-corrected chi connectivity index (χ2v) is 7.18. The van der Waals surface area contributed by atoms with Crippen molar-refractivity contribution in [2.75, 3.05) is 18.9 Å². The van der Waals surface area contributed by atoms with Crippen molar-refractivity contribution in [1.29, 1.82) is 0 Å². The predicted molar refractivity (Wildman–Crippen MR) is 109 cm³/mol. The second-order valence-electron chi connectivity index (χ2n) is 6.25. The van der Waals surface area contributed by atoms with Crippen LogP contribution in [0.4, 0.5) is 0 Å². The van der Waals surface area contributed by atoms with Gasteiger partial charge in [0.1, 0.15) is 11.3 Å². The Morgan fingerprint density at radius 3 is 2.59 bits per heavy atom. The van der Waals surface area contributed by atoms with Crippen molar-refractivity contribution in [2.24, 2.45) is 0 Å². The molecule has 0 radical (unpaired) electrons. The summed E-state index contributed by atoms with van der Waals surface area (Å²) in [5, 5.41) is 3.10. The van der Waals surface area contributed by atoms with Gasteiger partial charge >= 0.3 is 5.97 Å². The summed E-state index contributed by atoms with van der Waals surface area (Å²) in [5.41, 5.74) is 2.84. The zero-order valence-corrected chi connectivity index (χ0v) is 16.7. The lowest BCUT2D eigenvalue weighted by Crippen LogP contribution is -2.22. The van der Waals surface area contributed by atoms with E-state index in [0.29, 0.717) is 29.3 Å². The molecule has 0 fully saturated rings. The molecule has 8 heteroatoms. The first kappa shape index (κ1) is 20.6. The first-order valence-electron chi connectivity index (χ1n) is 9.02. The maximum absolute atomic E-state index is 12.2. The molecule has 0 bridgehead atoms. The van der Waals surface area contributed by atoms with Crippen LogP contribution < -0.4 is 5.32 Å². The number of esters is 1. The van der Waals surface area contributed by atoms with Crippen LogP contribution in [0, 0.1) is 0 Å². The fourth-order valence-electron chi connectivity index (χ4n) is 2.54. The van der Waals surface area contributed by atoms with Gasteiger partial charge in [-0.05, 0) is 24.1 Å². The molecule has 0 spiro atoms. The van der Waals surface area contributed by atoms with Crippen molar-refractivity contribution < 1.29 is 23.5 Å². The van der Waals surface area contributed by atoms with E-state index in [2.05, 4.69) is 10.3 Å². The number of oxazole rings is 1. The van der Waals surface area contributed by atoms with Gasteiger partial charge < -0.3 is 14.5 Å². The first-order chi connectivity index (χ1) is 14.0. The maximum Gasteiger partial charge on any atom is 0.316 e. The third-order valence-electron chi connectivity index (χ3n) is 4.02. The van der Waals surface area contributed by atoms with Crippen LogP contribution >= 0.6 is 11.8 Å². The minimum atomic E-state index is -0.516. The van der Waals surface area contributed by atoms with Crippen molar-refractivity contribution in [2.45, 2.75) is 18.6 Å². The zero-order chi connectivity index (χ0) is 20.6. The number of rotatable bonds is 9. The van der Waals surface area contributed by atoms with Gasteiger partial charge in [-0.1, -0.05) is 48.2 Å². The number of nitrogens with one attached hydrogen (secondary N) is 1. The Morgan fingerprint density at radius 2 is 1.86 bits per heavy atom. The molecule has 1 N–H and O–H groups in total. The number of hydrogen-bond acceptors (Lipinski definition) is 7. The molecular formula is C21H20N2O5S. The van der Waals surface area contributed by atoms with Crippen LogP contribution in [0.2, 0.25) is 0 Å². The minimum absolute atomic E-state index is 0.00217. The van der Waals surface area contributed by atoms with Crippen LogP contribution in [-0.4, -0.2) is 41.5 Å². The van der Waals surface area contributed by atoms with E-state index in [-0.39, 0.29) is 24.1 Å². The highest BCUT2D eigenvalue weighted by Gasteiger charge is 2.13. The number of benzene rings is 2. The van der Waals surface area contributed by atoms with Gasteiger partial charge in [0.25, 0.3) is 5.22 Å². The largest absolute Gasteiger partial charge is 0.457 e. The fraction of sp³-hybridized carbons (Fsp3) is 0.238. The maximum atomic E-state index is 12.2. The number of Topliss-reactive ketones (excluding diaryl/α,β-unsaturated/α-hetero) is 1. The van der Waals surface area contributed by atoms with Gasteiger partial charge in [-0.15, -0.1) is 0 Å². The molecule has 0 unspecified atom stereocenters. The SMILES string of the molecule is CC(=O)NCCc1ccc(C(=O)COC(=O)CSc2nc3ccccc3o2)cc1. The number of carbonyl (C=O) groups excluding carboxylic acids is 3. The molecule has 0 saturated heterocycles. The molecule has 2 aromatic carbocycles. The topological polar surface area (TPSA) is 98.5 Å². The number of amides is 1. The number of ether oxygens (including phenoxy) is 1. The molecule has 1 amide bonds. The molecule has 150 valence electrons. The molecule has 1 heterocycles. The van der Waals surface area contributed by atoms with Crippen molar-refractivity contribution in [3.63, 3.8) is 0 Å². The van der Waals surface area contributed by atoms with Crippen molar-refractivity contribution in [1.82, 2.24) is 10.3 Å². The first-order valence-corrected chi connectivity index (χ1v) is 10.0. The monoisotopic (exact) mass is 412 g/mol. The number of ketones is 1. The fourth-order valence-corrected chi connectivity index (χ4v) is 3.18. The Labute approximate surface area is 171 Å². The van der Waals surface area contributed by atoms with E-state index in [4.69, 9.17) is 9.15 Å². The van der Waals surface area contributed by atoms with Gasteiger partial charge in [-0.2, -0.15) is 0 Å². The Balaban J connectivity index is 1.42. The highest BCUT2D eigenvalue weighted by Crippen LogP contribution is 2.23. The van der Waals surface area contributed by atoms with Gasteiger partial charge in [-0.25, -0.2) is 4.98 Å². The molecule has 0 atom stereocenters. The number of hydrogen-bond donors (Lipinski definition) is 1. The highest BCUT2D eigenvalue weighted by atomic mass is 32.2. The van der Waals surface area contributed by atoms with Crippen LogP contribution in [0.3, 0.4) is 0 Å². The quantitative estimate of drug-likeness (QED) is 0.328. The summed E-state index contributed by atoms with van der Waals surface area (Å²) in [4.78, 5) is 39.2. The predicted octanol–water partition coefficient (Wildman–Crippen LogP) is 3.02. The molecule has 0 aliphatic heterocycles. The summed E-state index contributed by atoms with van der Waals surface area (Å²) >= 11 is 1.12. The smallest absolute Gasteiger partial charge is 0.316 e. The van der Waals surface area contributed by atoms with E-state index >= 15 is 0 Å². The summed E-state index contributed by atoms with van der Waals surface area (Å²) in [6, 6.07) is 14.3. The average Bonchev–Trinajstić information content (AvgIpc) is 3.14. The molecule has 29 heavy (non-hydrogen) atoms. The van der Waals surface area contributed by atoms with E-state index < -0.39 is 5.97 Å². The van der Waals surface area contributed by atoms with Crippen LogP contribution in [0.15, 0.2) is 58.2 Å². The van der Waals surface area contributed by atoms with E-state index in [1.807, 2.05) is 30.3 Å². The third-order valence-corrected chi connectivity index (χ3v) is 4.82. The summed E-state index contributed by atoms with van der Waals surface area (Å²) in [5.74, 6) is -0.869. The number of thioether (sulfide) groups is 1. The number of nitrogens with zero attached hydrogens (tertiary/aromatic N) is 1. The number of fused-ring (bicyclic) bond motifs is 1. The molecule has 0 aliphatic rings. The Bertz CT molecular complexity index is 980. The molecule has 3 aromatic rings. The van der Waals surface area contributed by atoms with Crippen LogP contribution in [0.5, 0.6) is 0 Å². The summed E-state index contributed by atoms with van der Waals surface area (Å²) in [6.07, 6.45) is 0.677. The van der Waals surface area contributed by atoms with Crippen LogP contribution in [-0.2, 0) is 20.7 Å². The number of aromatic nitrogens is 1. The lowest BCUT2D eigenvalue weighted by atomic mass is 10.1. The average molecular weight is 412 g/mol. The van der Waals surface area contributed by atoms with Crippen molar-refractivity contribution >= 4 is 40.5 Å². The van der Waals surface area contributed by atoms with Gasteiger partial charge in [0.2, 0.25) is 5.91 Å². The summed E-state index contributed by atoms with van der Waals surface area (Å²) < 4.78 is 10.6. The van der Waals surface area contributed by atoms with Gasteiger partial charge in [0.05, 0.1) is 0 Å². The lowest BCUT2D eigenvalue weighted by molar-refractivity contribution is -0.139. The second kappa shape index (κ2) is 9.88. The normalized spacial score (nSPS) is 10.7. The van der Waals surface area contributed by atoms with Crippen molar-refractivity contribution in [3.05, 3.63) is 59.7 Å². The van der Waals surface area contributed by atoms with Crippen LogP contribution in [0.25, 0.3) is 11.1 Å². The Morgan fingerprint density at radius 1 is 1.10 bits per heavy atom. The molecule has 7 nitrogen and oxygen atoms in total. The van der Waals surface area contributed by atoms with Crippen LogP contribution in [0.1, 0.15) is 22.8 Å². The van der Waals surface area contributed by atoms with E-state index in [9.17, 15) is 14.4 Å². The minimum Gasteiger partial charge on any atom is -0.457 e. The van der Waals surface area contributed by atoms with Gasteiger partial charge in [-0.3, -0.25) is 14.4 Å². The van der Waals surface area contributed by atoms with Gasteiger partial charge in [0.15, 0.2) is 18.0 Å². The Hall–Kier alpha value is -3.13. The summed E-state index contributed by atoms with van der Waals surface area (Å²) in [7, 11) is 0. The van der Waals surface area contributed by atoms with E-state index in [1.54, 1.807) is 18.2 Å². The lowest BCUT2D eigenvalue weighted by Gasteiger charge is -2.06. The molecular weight excluding hydrogens is 392 g/mol. The third kappa shape index (κ3) is 6.18. The number of carbonyl (C=O) groups is 3. The number of para-hydroxylation sites is 2. The van der Waals surface area contributed by atoms with E-state index in [1.165, 1.54) is 6.92 Å². The van der Waals surface area contributed by atoms with E-state index in [0.717, 1.165) is 22.8 Å². The zero-order valence-electron chi connectivity index (χ0n) is 15.8. The Kier molecular flexibility index (Phi) is 7.02. The standard InChI is InChI=1S/C21H20N2O5S/c1-14(24)22-11-10-15-6-8-16(9-7-15)18(25)12-27-20(26)13-29-21-23-17-4-2-3-5-19(17)28-21/h2-9H,10-13H2,1H3,(H,22,24). The molecule has 0 saturated carbocycles. The molecule has 0 aliphatic carbocycles.